The number of aromatic nitrogens is 3. The minimum absolute atomic E-state index is 0.157. The van der Waals surface area contributed by atoms with Crippen molar-refractivity contribution in [3.8, 4) is 10.6 Å². The maximum absolute atomic E-state index is 12.1. The Morgan fingerprint density at radius 2 is 2.07 bits per heavy atom. The summed E-state index contributed by atoms with van der Waals surface area (Å²) in [4.78, 5) is 22.5. The quantitative estimate of drug-likeness (QED) is 0.372. The molecule has 28 heavy (non-hydrogen) atoms. The van der Waals surface area contributed by atoms with E-state index in [2.05, 4.69) is 39.1 Å². The molecule has 146 valence electrons. The monoisotopic (exact) mass is 397 g/mol. The molecule has 0 saturated carbocycles. The highest BCUT2D eigenvalue weighted by molar-refractivity contribution is 7.15. The van der Waals surface area contributed by atoms with Crippen LogP contribution < -0.4 is 17.2 Å². The van der Waals surface area contributed by atoms with Crippen molar-refractivity contribution in [2.75, 3.05) is 18.8 Å². The van der Waals surface area contributed by atoms with Crippen LogP contribution in [0, 0.1) is 5.41 Å². The van der Waals surface area contributed by atoms with Crippen LogP contribution in [0.5, 0.6) is 0 Å². The molecule has 3 heterocycles. The predicted molar refractivity (Wildman–Crippen MR) is 112 cm³/mol. The lowest BCUT2D eigenvalue weighted by Gasteiger charge is -2.14. The van der Waals surface area contributed by atoms with Crippen LogP contribution in [0.4, 0.5) is 5.82 Å². The summed E-state index contributed by atoms with van der Waals surface area (Å²) in [6.07, 6.45) is 4.32. The van der Waals surface area contributed by atoms with Gasteiger partial charge in [-0.2, -0.15) is 0 Å². The number of nitrogens with zero attached hydrogens (tertiary/aromatic N) is 3. The molecule has 6 N–H and O–H groups in total. The summed E-state index contributed by atoms with van der Waals surface area (Å²) in [5, 5.41) is 8.39. The Bertz CT molecular complexity index is 1060. The molecule has 0 unspecified atom stereocenters. The number of likely N-dealkylation sites (tertiary alicyclic amines) is 1. The minimum atomic E-state index is -0.384. The van der Waals surface area contributed by atoms with E-state index in [-0.39, 0.29) is 23.0 Å². The number of amidine groups is 1. The van der Waals surface area contributed by atoms with Crippen LogP contribution in [0.3, 0.4) is 0 Å². The average molecular weight is 398 g/mol. The van der Waals surface area contributed by atoms with Gasteiger partial charge in [0.2, 0.25) is 0 Å². The van der Waals surface area contributed by atoms with Crippen LogP contribution in [0.15, 0.2) is 35.3 Å². The standard InChI is InChI=1S/C19H23N7OS/c20-16(21)15-17(22)26(19(27)24-15)11-14-9-23-18(28-14)13-5-3-4-12(8-13)10-25-6-1-2-7-25/h3-5,8-9H,1-2,6-7,10-11,22H2,(H3,20,21)(H,24,27). The van der Waals surface area contributed by atoms with Crippen molar-refractivity contribution in [1.82, 2.24) is 19.4 Å². The largest absolute Gasteiger partial charge is 0.383 e. The van der Waals surface area contributed by atoms with E-state index in [1.165, 1.54) is 47.4 Å². The van der Waals surface area contributed by atoms with Crippen LogP contribution in [-0.2, 0) is 13.1 Å². The first-order chi connectivity index (χ1) is 13.5. The SMILES string of the molecule is N=C(N)c1[nH]c(=O)n(Cc2cnc(-c3cccc(CN4CCCC4)c3)s2)c1N. The second-order valence-electron chi connectivity index (χ2n) is 7.01. The average Bonchev–Trinajstić information content (AvgIpc) is 3.40. The molecule has 8 nitrogen and oxygen atoms in total. The molecule has 1 aliphatic rings. The third-order valence-electron chi connectivity index (χ3n) is 4.94. The van der Waals surface area contributed by atoms with Crippen molar-refractivity contribution in [3.05, 3.63) is 57.1 Å². The van der Waals surface area contributed by atoms with Gasteiger partial charge in [-0.05, 0) is 37.6 Å². The Morgan fingerprint density at radius 1 is 1.29 bits per heavy atom. The molecule has 1 aliphatic heterocycles. The van der Waals surface area contributed by atoms with E-state index in [9.17, 15) is 4.79 Å². The third-order valence-corrected chi connectivity index (χ3v) is 5.97. The molecular weight excluding hydrogens is 374 g/mol. The van der Waals surface area contributed by atoms with Gasteiger partial charge >= 0.3 is 5.69 Å². The second-order valence-corrected chi connectivity index (χ2v) is 8.12. The van der Waals surface area contributed by atoms with E-state index in [1.807, 2.05) is 0 Å². The molecule has 4 rings (SSSR count). The summed E-state index contributed by atoms with van der Waals surface area (Å²) in [6.45, 7) is 3.59. The summed E-state index contributed by atoms with van der Waals surface area (Å²) in [6, 6.07) is 8.46. The van der Waals surface area contributed by atoms with Crippen molar-refractivity contribution in [2.45, 2.75) is 25.9 Å². The molecule has 2 aromatic heterocycles. The summed E-state index contributed by atoms with van der Waals surface area (Å²) < 4.78 is 1.37. The summed E-state index contributed by atoms with van der Waals surface area (Å²) >= 11 is 1.53. The summed E-state index contributed by atoms with van der Waals surface area (Å²) in [5.74, 6) is -0.0896. The van der Waals surface area contributed by atoms with Gasteiger partial charge in [-0.1, -0.05) is 18.2 Å². The van der Waals surface area contributed by atoms with E-state index in [4.69, 9.17) is 16.9 Å². The number of anilines is 1. The van der Waals surface area contributed by atoms with Crippen molar-refractivity contribution in [1.29, 1.82) is 5.41 Å². The Labute approximate surface area is 166 Å². The number of H-pyrrole nitrogens is 1. The molecule has 0 radical (unpaired) electrons. The number of nitrogens with two attached hydrogens (primary N) is 2. The first-order valence-electron chi connectivity index (χ1n) is 9.20. The first-order valence-corrected chi connectivity index (χ1v) is 10.0. The highest BCUT2D eigenvalue weighted by atomic mass is 32.1. The number of nitrogens with one attached hydrogen (secondary N) is 2. The predicted octanol–water partition coefficient (Wildman–Crippen LogP) is 1.81. The highest BCUT2D eigenvalue weighted by Gasteiger charge is 2.16. The van der Waals surface area contributed by atoms with E-state index in [0.29, 0.717) is 6.54 Å². The van der Waals surface area contributed by atoms with E-state index < -0.39 is 0 Å². The number of imidazole rings is 1. The number of benzene rings is 1. The van der Waals surface area contributed by atoms with Gasteiger partial charge in [0.1, 0.15) is 22.4 Å². The molecule has 1 aromatic carbocycles. The van der Waals surface area contributed by atoms with E-state index in [1.54, 1.807) is 6.20 Å². The number of hydrogen-bond donors (Lipinski definition) is 4. The fraction of sp³-hybridized carbons (Fsp3) is 0.316. The van der Waals surface area contributed by atoms with Gasteiger partial charge in [-0.15, -0.1) is 11.3 Å². The molecule has 9 heteroatoms. The lowest BCUT2D eigenvalue weighted by Crippen LogP contribution is -2.18. The van der Waals surface area contributed by atoms with Crippen LogP contribution in [0.25, 0.3) is 10.6 Å². The Kier molecular flexibility index (Phi) is 5.01. The van der Waals surface area contributed by atoms with Gasteiger partial charge in [0.05, 0.1) is 6.54 Å². The lowest BCUT2D eigenvalue weighted by molar-refractivity contribution is 0.331. The van der Waals surface area contributed by atoms with E-state index >= 15 is 0 Å². The fourth-order valence-electron chi connectivity index (χ4n) is 3.52. The van der Waals surface area contributed by atoms with Crippen molar-refractivity contribution >= 4 is 23.0 Å². The zero-order valence-electron chi connectivity index (χ0n) is 15.4. The van der Waals surface area contributed by atoms with Crippen molar-refractivity contribution in [3.63, 3.8) is 0 Å². The zero-order valence-corrected chi connectivity index (χ0v) is 16.3. The molecular formula is C19H23N7OS. The molecule has 0 amide bonds. The zero-order chi connectivity index (χ0) is 19.7. The lowest BCUT2D eigenvalue weighted by atomic mass is 10.1. The van der Waals surface area contributed by atoms with Gasteiger partial charge in [0, 0.05) is 23.2 Å². The highest BCUT2D eigenvalue weighted by Crippen LogP contribution is 2.27. The smallest absolute Gasteiger partial charge is 0.328 e. The van der Waals surface area contributed by atoms with Gasteiger partial charge in [-0.3, -0.25) is 14.9 Å². The first kappa shape index (κ1) is 18.5. The van der Waals surface area contributed by atoms with Gasteiger partial charge < -0.3 is 16.5 Å². The Morgan fingerprint density at radius 3 is 2.79 bits per heavy atom. The summed E-state index contributed by atoms with van der Waals surface area (Å²) in [5.41, 5.74) is 13.5. The molecule has 0 bridgehead atoms. The molecule has 0 atom stereocenters. The maximum Gasteiger partial charge on any atom is 0.328 e. The van der Waals surface area contributed by atoms with Gasteiger partial charge in [-0.25, -0.2) is 9.78 Å². The van der Waals surface area contributed by atoms with Crippen LogP contribution >= 0.6 is 11.3 Å². The molecule has 1 fully saturated rings. The molecule has 3 aromatic rings. The normalized spacial score (nSPS) is 14.6. The number of thiazole rings is 1. The Balaban J connectivity index is 1.53. The van der Waals surface area contributed by atoms with Crippen LogP contribution in [-0.4, -0.2) is 38.4 Å². The number of hydrogen-bond acceptors (Lipinski definition) is 6. The fourth-order valence-corrected chi connectivity index (χ4v) is 4.41. The van der Waals surface area contributed by atoms with Crippen LogP contribution in [0.2, 0.25) is 0 Å². The molecule has 0 aliphatic carbocycles. The Hall–Kier alpha value is -2.91. The van der Waals surface area contributed by atoms with Crippen molar-refractivity contribution in [2.24, 2.45) is 5.73 Å². The topological polar surface area (TPSA) is 130 Å². The van der Waals surface area contributed by atoms with Crippen molar-refractivity contribution < 1.29 is 0 Å². The second kappa shape index (κ2) is 7.61. The number of nitrogen functional groups attached to an aromatic ring is 2. The van der Waals surface area contributed by atoms with Crippen LogP contribution in [0.1, 0.15) is 29.0 Å². The third kappa shape index (κ3) is 3.71. The van der Waals surface area contributed by atoms with Gasteiger partial charge in [0.25, 0.3) is 0 Å². The molecule has 1 saturated heterocycles. The van der Waals surface area contributed by atoms with E-state index in [0.717, 1.165) is 22.0 Å². The van der Waals surface area contributed by atoms with Gasteiger partial charge in [0.15, 0.2) is 0 Å². The number of rotatable bonds is 6. The summed E-state index contributed by atoms with van der Waals surface area (Å²) in [7, 11) is 0. The molecule has 0 spiro atoms. The number of aromatic amines is 1. The maximum atomic E-state index is 12.1. The minimum Gasteiger partial charge on any atom is -0.383 e.